The molecule has 4 rings (SSSR count). The second kappa shape index (κ2) is 4.01. The number of fused-ring (bicyclic) bond motifs is 2. The lowest BCUT2D eigenvalue weighted by molar-refractivity contribution is 0.0900. The van der Waals surface area contributed by atoms with Crippen LogP contribution in [0.3, 0.4) is 0 Å². The van der Waals surface area contributed by atoms with Crippen LogP contribution in [0.4, 0.5) is 0 Å². The zero-order valence-electron chi connectivity index (χ0n) is 14.0. The van der Waals surface area contributed by atoms with Crippen molar-refractivity contribution in [3.05, 3.63) is 0 Å². The predicted molar refractivity (Wildman–Crippen MR) is 83.7 cm³/mol. The molecule has 0 radical (unpaired) electrons. The summed E-state index contributed by atoms with van der Waals surface area (Å²) in [5, 5.41) is 0. The third-order valence-corrected chi connectivity index (χ3v) is 6.70. The van der Waals surface area contributed by atoms with Crippen LogP contribution in [0.1, 0.15) is 53.9 Å². The summed E-state index contributed by atoms with van der Waals surface area (Å²) in [5.41, 5.74) is 0.798. The average molecular weight is 276 g/mol. The maximum atomic E-state index is 2.81. The molecule has 2 heteroatoms. The van der Waals surface area contributed by atoms with Gasteiger partial charge in [0, 0.05) is 36.8 Å². The maximum Gasteiger partial charge on any atom is 0.0156 e. The molecule has 0 amide bonds. The van der Waals surface area contributed by atoms with Crippen molar-refractivity contribution in [3.63, 3.8) is 0 Å². The summed E-state index contributed by atoms with van der Waals surface area (Å²) in [7, 11) is 0. The SMILES string of the molecule is CC(C)(C)N1CC(CC(C)(C)N2CC3CC3C2)C2CC21. The monoisotopic (exact) mass is 276 g/mol. The molecule has 20 heavy (non-hydrogen) atoms. The molecule has 2 aliphatic heterocycles. The number of piperidine rings is 2. The molecule has 0 spiro atoms. The van der Waals surface area contributed by atoms with Crippen molar-refractivity contribution < 1.29 is 0 Å². The lowest BCUT2D eigenvalue weighted by Crippen LogP contribution is -2.46. The Labute approximate surface area is 124 Å². The van der Waals surface area contributed by atoms with E-state index in [4.69, 9.17) is 0 Å². The van der Waals surface area contributed by atoms with Gasteiger partial charge in [-0.05, 0) is 77.6 Å². The van der Waals surface area contributed by atoms with Crippen molar-refractivity contribution in [3.8, 4) is 0 Å². The summed E-state index contributed by atoms with van der Waals surface area (Å²) in [6.45, 7) is 16.3. The van der Waals surface area contributed by atoms with Crippen molar-refractivity contribution in [2.24, 2.45) is 23.7 Å². The summed E-state index contributed by atoms with van der Waals surface area (Å²) < 4.78 is 0. The first-order valence-corrected chi connectivity index (χ1v) is 8.77. The van der Waals surface area contributed by atoms with Crippen molar-refractivity contribution in [1.29, 1.82) is 0 Å². The average Bonchev–Trinajstić information content (AvgIpc) is 3.20. The molecule has 114 valence electrons. The highest BCUT2D eigenvalue weighted by Gasteiger charge is 2.57. The first kappa shape index (κ1) is 13.6. The number of hydrogen-bond acceptors (Lipinski definition) is 2. The molecule has 2 saturated heterocycles. The topological polar surface area (TPSA) is 6.48 Å². The zero-order chi connectivity index (χ0) is 14.3. The Hall–Kier alpha value is -0.0800. The molecular formula is C18H32N2. The Morgan fingerprint density at radius 2 is 1.55 bits per heavy atom. The minimum atomic E-state index is 0.369. The standard InChI is InChI=1S/C18H32N2/c1-17(2,3)20-11-14(15-7-16(15)20)8-18(4,5)19-9-12-6-13(12)10-19/h12-16H,6-11H2,1-5H3. The molecule has 0 aromatic heterocycles. The maximum absolute atomic E-state index is 2.81. The normalized spacial score (nSPS) is 44.5. The molecule has 0 bridgehead atoms. The Balaban J connectivity index is 1.40. The van der Waals surface area contributed by atoms with E-state index in [0.29, 0.717) is 11.1 Å². The van der Waals surface area contributed by atoms with Gasteiger partial charge in [-0.1, -0.05) is 0 Å². The van der Waals surface area contributed by atoms with Crippen LogP contribution in [0, 0.1) is 23.7 Å². The highest BCUT2D eigenvalue weighted by atomic mass is 15.3. The van der Waals surface area contributed by atoms with Crippen LogP contribution >= 0.6 is 0 Å². The van der Waals surface area contributed by atoms with Crippen molar-refractivity contribution in [2.45, 2.75) is 71.0 Å². The molecule has 0 N–H and O–H groups in total. The van der Waals surface area contributed by atoms with Crippen LogP contribution in [-0.2, 0) is 0 Å². The second-order valence-corrected chi connectivity index (χ2v) is 9.73. The van der Waals surface area contributed by atoms with Gasteiger partial charge >= 0.3 is 0 Å². The van der Waals surface area contributed by atoms with Crippen LogP contribution in [-0.4, -0.2) is 46.6 Å². The van der Waals surface area contributed by atoms with Crippen LogP contribution in [0.5, 0.6) is 0 Å². The highest BCUT2D eigenvalue weighted by Crippen LogP contribution is 2.54. The van der Waals surface area contributed by atoms with Gasteiger partial charge in [0.25, 0.3) is 0 Å². The van der Waals surface area contributed by atoms with Gasteiger partial charge in [-0.25, -0.2) is 0 Å². The fraction of sp³-hybridized carbons (Fsp3) is 1.00. The highest BCUT2D eigenvalue weighted by molar-refractivity contribution is 5.11. The summed E-state index contributed by atoms with van der Waals surface area (Å²) in [4.78, 5) is 5.60. The summed E-state index contributed by atoms with van der Waals surface area (Å²) in [5.74, 6) is 4.10. The fourth-order valence-corrected chi connectivity index (χ4v) is 5.24. The van der Waals surface area contributed by atoms with E-state index in [1.165, 1.54) is 38.9 Å². The molecule has 5 unspecified atom stereocenters. The zero-order valence-corrected chi connectivity index (χ0v) is 14.0. The summed E-state index contributed by atoms with van der Waals surface area (Å²) in [6.07, 6.45) is 4.42. The van der Waals surface area contributed by atoms with Gasteiger partial charge in [0.05, 0.1) is 0 Å². The van der Waals surface area contributed by atoms with Crippen LogP contribution in [0.25, 0.3) is 0 Å². The molecular weight excluding hydrogens is 244 g/mol. The molecule has 2 nitrogen and oxygen atoms in total. The van der Waals surface area contributed by atoms with Crippen molar-refractivity contribution in [1.82, 2.24) is 9.80 Å². The van der Waals surface area contributed by atoms with Gasteiger partial charge in [-0.2, -0.15) is 0 Å². The lowest BCUT2D eigenvalue weighted by atomic mass is 9.86. The molecule has 5 atom stereocenters. The van der Waals surface area contributed by atoms with E-state index in [-0.39, 0.29) is 0 Å². The third kappa shape index (κ3) is 2.14. The van der Waals surface area contributed by atoms with E-state index < -0.39 is 0 Å². The molecule has 2 aliphatic carbocycles. The smallest absolute Gasteiger partial charge is 0.0156 e. The Morgan fingerprint density at radius 3 is 2.10 bits per heavy atom. The van der Waals surface area contributed by atoms with Gasteiger partial charge in [0.2, 0.25) is 0 Å². The Kier molecular flexibility index (Phi) is 2.72. The number of likely N-dealkylation sites (tertiary alicyclic amines) is 2. The van der Waals surface area contributed by atoms with E-state index in [1.807, 2.05) is 0 Å². The van der Waals surface area contributed by atoms with E-state index in [1.54, 1.807) is 0 Å². The van der Waals surface area contributed by atoms with Crippen LogP contribution in [0.2, 0.25) is 0 Å². The molecule has 4 aliphatic rings. The molecule has 2 heterocycles. The first-order chi connectivity index (χ1) is 9.25. The fourth-order valence-electron chi connectivity index (χ4n) is 5.24. The third-order valence-electron chi connectivity index (χ3n) is 6.70. The van der Waals surface area contributed by atoms with Crippen molar-refractivity contribution >= 4 is 0 Å². The minimum absolute atomic E-state index is 0.369. The van der Waals surface area contributed by atoms with Gasteiger partial charge in [-0.15, -0.1) is 0 Å². The van der Waals surface area contributed by atoms with E-state index >= 15 is 0 Å². The Bertz CT molecular complexity index is 398. The molecule has 0 aromatic rings. The van der Waals surface area contributed by atoms with Gasteiger partial charge in [0.15, 0.2) is 0 Å². The van der Waals surface area contributed by atoms with E-state index in [0.717, 1.165) is 29.7 Å². The van der Waals surface area contributed by atoms with Gasteiger partial charge in [0.1, 0.15) is 0 Å². The quantitative estimate of drug-likeness (QED) is 0.781. The number of nitrogens with zero attached hydrogens (tertiary/aromatic N) is 2. The predicted octanol–water partition coefficient (Wildman–Crippen LogP) is 3.23. The summed E-state index contributed by atoms with van der Waals surface area (Å²) in [6, 6.07) is 0.919. The minimum Gasteiger partial charge on any atom is -0.298 e. The van der Waals surface area contributed by atoms with Crippen molar-refractivity contribution in [2.75, 3.05) is 19.6 Å². The Morgan fingerprint density at radius 1 is 0.900 bits per heavy atom. The number of hydrogen-bond donors (Lipinski definition) is 0. The summed E-state index contributed by atoms with van der Waals surface area (Å²) >= 11 is 0. The molecule has 2 saturated carbocycles. The largest absolute Gasteiger partial charge is 0.298 e. The molecule has 0 aromatic carbocycles. The lowest BCUT2D eigenvalue weighted by Gasteiger charge is -2.40. The van der Waals surface area contributed by atoms with E-state index in [9.17, 15) is 0 Å². The van der Waals surface area contributed by atoms with Gasteiger partial charge < -0.3 is 0 Å². The van der Waals surface area contributed by atoms with Crippen LogP contribution < -0.4 is 0 Å². The molecule has 4 fully saturated rings. The second-order valence-electron chi connectivity index (χ2n) is 9.73. The number of rotatable bonds is 3. The van der Waals surface area contributed by atoms with E-state index in [2.05, 4.69) is 44.4 Å². The first-order valence-electron chi connectivity index (χ1n) is 8.77. The van der Waals surface area contributed by atoms with Crippen LogP contribution in [0.15, 0.2) is 0 Å². The van der Waals surface area contributed by atoms with Gasteiger partial charge in [-0.3, -0.25) is 9.80 Å².